The molecule has 0 amide bonds. The van der Waals surface area contributed by atoms with E-state index in [1.165, 1.54) is 35.0 Å². The molecular formula is C21H20N4O2S2. The largest absolute Gasteiger partial charge is 0.497 e. The standard InChI is InChI=1S/C21H20N4O2S2/c1-12-22-20-18(15-8-3-4-9-17(15)29-20)19-23-24-21(25(12)19)28-11-16(26)13-6-5-7-14(10-13)27-2/h5-7,10H,3-4,8-9,11H2,1-2H3. The zero-order chi connectivity index (χ0) is 20.0. The van der Waals surface area contributed by atoms with Crippen LogP contribution in [-0.4, -0.2) is 38.2 Å². The van der Waals surface area contributed by atoms with E-state index in [1.807, 2.05) is 23.5 Å². The lowest BCUT2D eigenvalue weighted by atomic mass is 9.97. The number of benzene rings is 1. The second-order valence-electron chi connectivity index (χ2n) is 7.14. The van der Waals surface area contributed by atoms with Crippen LogP contribution in [0.2, 0.25) is 0 Å². The van der Waals surface area contributed by atoms with Crippen LogP contribution in [-0.2, 0) is 12.8 Å². The lowest BCUT2D eigenvalue weighted by molar-refractivity contribution is 0.102. The van der Waals surface area contributed by atoms with Crippen LogP contribution in [0, 0.1) is 6.92 Å². The van der Waals surface area contributed by atoms with E-state index in [4.69, 9.17) is 9.72 Å². The van der Waals surface area contributed by atoms with E-state index in [2.05, 4.69) is 10.2 Å². The minimum atomic E-state index is 0.0326. The van der Waals surface area contributed by atoms with Gasteiger partial charge in [0.15, 0.2) is 16.6 Å². The number of rotatable bonds is 5. The van der Waals surface area contributed by atoms with Crippen LogP contribution in [0.1, 0.15) is 39.5 Å². The Bertz CT molecular complexity index is 1240. The topological polar surface area (TPSA) is 69.4 Å². The van der Waals surface area contributed by atoms with Gasteiger partial charge in [0, 0.05) is 10.4 Å². The average Bonchev–Trinajstić information content (AvgIpc) is 3.33. The predicted octanol–water partition coefficient (Wildman–Crippen LogP) is 4.51. The number of carbonyl (C=O) groups excluding carboxylic acids is 1. The molecule has 0 saturated heterocycles. The van der Waals surface area contributed by atoms with Gasteiger partial charge in [-0.15, -0.1) is 21.5 Å². The van der Waals surface area contributed by atoms with Crippen molar-refractivity contribution in [1.29, 1.82) is 0 Å². The first-order valence-electron chi connectivity index (χ1n) is 9.61. The van der Waals surface area contributed by atoms with Gasteiger partial charge in [-0.2, -0.15) is 0 Å². The molecule has 0 fully saturated rings. The number of thioether (sulfide) groups is 1. The van der Waals surface area contributed by atoms with Gasteiger partial charge in [-0.1, -0.05) is 23.9 Å². The van der Waals surface area contributed by atoms with Gasteiger partial charge in [-0.3, -0.25) is 9.20 Å². The Labute approximate surface area is 176 Å². The number of aryl methyl sites for hydroxylation is 3. The number of hydrogen-bond acceptors (Lipinski definition) is 7. The number of thiophene rings is 1. The van der Waals surface area contributed by atoms with Crippen molar-refractivity contribution in [2.75, 3.05) is 12.9 Å². The maximum atomic E-state index is 12.6. The van der Waals surface area contributed by atoms with Crippen molar-refractivity contribution in [3.63, 3.8) is 0 Å². The molecular weight excluding hydrogens is 404 g/mol. The van der Waals surface area contributed by atoms with Crippen molar-refractivity contribution in [3.05, 3.63) is 46.1 Å². The maximum absolute atomic E-state index is 12.6. The fourth-order valence-electron chi connectivity index (χ4n) is 3.88. The second kappa shape index (κ2) is 7.42. The molecule has 1 aliphatic carbocycles. The number of ether oxygens (including phenoxy) is 1. The molecule has 5 rings (SSSR count). The minimum Gasteiger partial charge on any atom is -0.497 e. The molecule has 0 unspecified atom stereocenters. The summed E-state index contributed by atoms with van der Waals surface area (Å²) < 4.78 is 7.21. The third-order valence-corrected chi connectivity index (χ3v) is 7.44. The summed E-state index contributed by atoms with van der Waals surface area (Å²) in [5.74, 6) is 1.85. The van der Waals surface area contributed by atoms with Gasteiger partial charge < -0.3 is 4.74 Å². The summed E-state index contributed by atoms with van der Waals surface area (Å²) in [6.07, 6.45) is 4.67. The Balaban J connectivity index is 1.48. The molecule has 0 radical (unpaired) electrons. The van der Waals surface area contributed by atoms with Crippen LogP contribution in [0.15, 0.2) is 29.4 Å². The van der Waals surface area contributed by atoms with E-state index in [1.54, 1.807) is 30.6 Å². The van der Waals surface area contributed by atoms with Crippen LogP contribution in [0.25, 0.3) is 15.9 Å². The Morgan fingerprint density at radius 1 is 1.28 bits per heavy atom. The van der Waals surface area contributed by atoms with Gasteiger partial charge in [0.2, 0.25) is 0 Å². The number of nitrogens with zero attached hydrogens (tertiary/aromatic N) is 4. The normalized spacial score (nSPS) is 13.7. The third-order valence-electron chi connectivity index (χ3n) is 5.32. The van der Waals surface area contributed by atoms with Crippen LogP contribution < -0.4 is 4.74 Å². The highest BCUT2D eigenvalue weighted by molar-refractivity contribution is 7.99. The van der Waals surface area contributed by atoms with Crippen molar-refractivity contribution in [2.45, 2.75) is 37.8 Å². The van der Waals surface area contributed by atoms with Crippen LogP contribution >= 0.6 is 23.1 Å². The first kappa shape index (κ1) is 18.6. The molecule has 8 heteroatoms. The number of carbonyl (C=O) groups is 1. The quantitative estimate of drug-likeness (QED) is 0.347. The lowest BCUT2D eigenvalue weighted by Crippen LogP contribution is -2.04. The molecule has 6 nitrogen and oxygen atoms in total. The Kier molecular flexibility index (Phi) is 4.75. The van der Waals surface area contributed by atoms with E-state index < -0.39 is 0 Å². The highest BCUT2D eigenvalue weighted by Gasteiger charge is 2.23. The van der Waals surface area contributed by atoms with Crippen molar-refractivity contribution < 1.29 is 9.53 Å². The molecule has 4 aromatic rings. The fraction of sp³-hybridized carbons (Fsp3) is 0.333. The van der Waals surface area contributed by atoms with Crippen molar-refractivity contribution >= 4 is 44.7 Å². The van der Waals surface area contributed by atoms with Crippen LogP contribution in [0.4, 0.5) is 0 Å². The smallest absolute Gasteiger partial charge is 0.197 e. The van der Waals surface area contributed by atoms with Crippen molar-refractivity contribution in [1.82, 2.24) is 19.6 Å². The van der Waals surface area contributed by atoms with Gasteiger partial charge in [-0.25, -0.2) is 4.98 Å². The molecule has 1 aliphatic rings. The van der Waals surface area contributed by atoms with Gasteiger partial charge in [0.05, 0.1) is 18.2 Å². The summed E-state index contributed by atoms with van der Waals surface area (Å²) in [5, 5.41) is 10.7. The average molecular weight is 425 g/mol. The fourth-order valence-corrected chi connectivity index (χ4v) is 6.06. The first-order chi connectivity index (χ1) is 14.2. The number of ketones is 1. The maximum Gasteiger partial charge on any atom is 0.197 e. The second-order valence-corrected chi connectivity index (χ2v) is 9.16. The van der Waals surface area contributed by atoms with Gasteiger partial charge >= 0.3 is 0 Å². The number of aromatic nitrogens is 4. The molecule has 0 bridgehead atoms. The number of methoxy groups -OCH3 is 1. The summed E-state index contributed by atoms with van der Waals surface area (Å²) in [7, 11) is 1.60. The highest BCUT2D eigenvalue weighted by atomic mass is 32.2. The molecule has 3 heterocycles. The molecule has 0 aliphatic heterocycles. The zero-order valence-corrected chi connectivity index (χ0v) is 17.9. The highest BCUT2D eigenvalue weighted by Crippen LogP contribution is 2.38. The molecule has 3 aromatic heterocycles. The van der Waals surface area contributed by atoms with E-state index in [0.29, 0.717) is 16.5 Å². The monoisotopic (exact) mass is 424 g/mol. The number of Topliss-reactive ketones (excluding diaryl/α,β-unsaturated/α-hetero) is 1. The summed E-state index contributed by atoms with van der Waals surface area (Å²) in [5.41, 5.74) is 2.89. The molecule has 0 N–H and O–H groups in total. The van der Waals surface area contributed by atoms with Gasteiger partial charge in [0.25, 0.3) is 0 Å². The van der Waals surface area contributed by atoms with E-state index in [9.17, 15) is 4.79 Å². The van der Waals surface area contributed by atoms with Gasteiger partial charge in [-0.05, 0) is 50.3 Å². The van der Waals surface area contributed by atoms with Gasteiger partial charge in [0.1, 0.15) is 16.4 Å². The molecule has 0 spiro atoms. The van der Waals surface area contributed by atoms with Crippen LogP contribution in [0.5, 0.6) is 5.75 Å². The molecule has 0 atom stereocenters. The molecule has 148 valence electrons. The molecule has 29 heavy (non-hydrogen) atoms. The van der Waals surface area contributed by atoms with E-state index in [-0.39, 0.29) is 11.5 Å². The third kappa shape index (κ3) is 3.20. The Morgan fingerprint density at radius 2 is 2.14 bits per heavy atom. The van der Waals surface area contributed by atoms with E-state index >= 15 is 0 Å². The van der Waals surface area contributed by atoms with Crippen molar-refractivity contribution in [2.24, 2.45) is 0 Å². The zero-order valence-electron chi connectivity index (χ0n) is 16.3. The minimum absolute atomic E-state index is 0.0326. The van der Waals surface area contributed by atoms with Crippen LogP contribution in [0.3, 0.4) is 0 Å². The number of hydrogen-bond donors (Lipinski definition) is 0. The van der Waals surface area contributed by atoms with Crippen molar-refractivity contribution in [3.8, 4) is 5.75 Å². The summed E-state index contributed by atoms with van der Waals surface area (Å²) >= 11 is 3.19. The van der Waals surface area contributed by atoms with E-state index in [0.717, 1.165) is 34.5 Å². The number of fused-ring (bicyclic) bond motifs is 5. The molecule has 1 aromatic carbocycles. The lowest BCUT2D eigenvalue weighted by Gasteiger charge is -2.10. The summed E-state index contributed by atoms with van der Waals surface area (Å²) in [6.45, 7) is 1.97. The Morgan fingerprint density at radius 3 is 3.00 bits per heavy atom. The first-order valence-corrected chi connectivity index (χ1v) is 11.4. The molecule has 0 saturated carbocycles. The Hall–Kier alpha value is -2.45. The summed E-state index contributed by atoms with van der Waals surface area (Å²) in [4.78, 5) is 20.0. The SMILES string of the molecule is COc1cccc(C(=O)CSc2nnc3c4c5c(sc4nc(C)n23)CCCC5)c1. The predicted molar refractivity (Wildman–Crippen MR) is 116 cm³/mol. The summed E-state index contributed by atoms with van der Waals surface area (Å²) in [6, 6.07) is 7.23.